The van der Waals surface area contributed by atoms with Gasteiger partial charge < -0.3 is 9.42 Å². The van der Waals surface area contributed by atoms with Gasteiger partial charge in [-0.1, -0.05) is 11.2 Å². The molecule has 25 heavy (non-hydrogen) atoms. The van der Waals surface area contributed by atoms with E-state index < -0.39 is 0 Å². The van der Waals surface area contributed by atoms with E-state index in [0.717, 1.165) is 17.8 Å². The number of aromatic nitrogens is 2. The summed E-state index contributed by atoms with van der Waals surface area (Å²) in [6, 6.07) is 9.71. The maximum absolute atomic E-state index is 13.0. The van der Waals surface area contributed by atoms with Crippen LogP contribution >= 0.6 is 11.3 Å². The molecular weight excluding hydrogens is 341 g/mol. The van der Waals surface area contributed by atoms with Crippen LogP contribution in [0.15, 0.2) is 46.3 Å². The van der Waals surface area contributed by atoms with Gasteiger partial charge in [-0.3, -0.25) is 4.79 Å². The van der Waals surface area contributed by atoms with E-state index in [4.69, 9.17) is 4.52 Å². The molecule has 1 fully saturated rings. The van der Waals surface area contributed by atoms with Gasteiger partial charge in [0.15, 0.2) is 5.82 Å². The zero-order valence-corrected chi connectivity index (χ0v) is 14.2. The molecule has 3 aromatic rings. The van der Waals surface area contributed by atoms with Crippen molar-refractivity contribution in [2.45, 2.75) is 12.8 Å². The maximum Gasteiger partial charge on any atom is 0.263 e. The first-order valence-electron chi connectivity index (χ1n) is 8.10. The largest absolute Gasteiger partial charge is 0.338 e. The molecule has 1 atom stereocenters. The Kier molecular flexibility index (Phi) is 4.31. The van der Waals surface area contributed by atoms with Crippen molar-refractivity contribution < 1.29 is 13.7 Å². The molecule has 2 aromatic heterocycles. The van der Waals surface area contributed by atoms with Gasteiger partial charge in [0, 0.05) is 25.1 Å². The van der Waals surface area contributed by atoms with E-state index in [-0.39, 0.29) is 11.7 Å². The summed E-state index contributed by atoms with van der Waals surface area (Å²) in [4.78, 5) is 19.4. The van der Waals surface area contributed by atoms with Gasteiger partial charge >= 0.3 is 0 Å². The van der Waals surface area contributed by atoms with Gasteiger partial charge in [0.05, 0.1) is 4.88 Å². The summed E-state index contributed by atoms with van der Waals surface area (Å²) in [5, 5.41) is 5.93. The van der Waals surface area contributed by atoms with Crippen molar-refractivity contribution in [1.29, 1.82) is 0 Å². The number of rotatable bonds is 4. The second kappa shape index (κ2) is 6.76. The second-order valence-corrected chi connectivity index (χ2v) is 7.06. The van der Waals surface area contributed by atoms with Crippen molar-refractivity contribution in [3.63, 3.8) is 0 Å². The number of carbonyl (C=O) groups excluding carboxylic acids is 1. The molecule has 7 heteroatoms. The summed E-state index contributed by atoms with van der Waals surface area (Å²) >= 11 is 1.47. The summed E-state index contributed by atoms with van der Waals surface area (Å²) in [6.45, 7) is 1.46. The summed E-state index contributed by atoms with van der Waals surface area (Å²) in [6.07, 6.45) is 1.59. The van der Waals surface area contributed by atoms with Crippen molar-refractivity contribution in [2.75, 3.05) is 13.1 Å². The number of nitrogens with zero attached hydrogens (tertiary/aromatic N) is 3. The molecule has 1 aromatic carbocycles. The molecule has 128 valence electrons. The van der Waals surface area contributed by atoms with Gasteiger partial charge in [-0.25, -0.2) is 4.39 Å². The number of carbonyl (C=O) groups is 1. The molecule has 5 nitrogen and oxygen atoms in total. The van der Waals surface area contributed by atoms with Crippen molar-refractivity contribution in [2.24, 2.45) is 5.92 Å². The molecule has 1 amide bonds. The molecule has 0 bridgehead atoms. The molecule has 4 rings (SSSR count). The van der Waals surface area contributed by atoms with E-state index in [1.807, 2.05) is 22.4 Å². The van der Waals surface area contributed by atoms with Crippen LogP contribution in [-0.2, 0) is 6.42 Å². The van der Waals surface area contributed by atoms with Gasteiger partial charge in [0.1, 0.15) is 5.82 Å². The van der Waals surface area contributed by atoms with Crippen LogP contribution in [0.2, 0.25) is 0 Å². The van der Waals surface area contributed by atoms with Crippen LogP contribution < -0.4 is 0 Å². The fourth-order valence-electron chi connectivity index (χ4n) is 3.04. The minimum atomic E-state index is -0.301. The van der Waals surface area contributed by atoms with E-state index in [9.17, 15) is 9.18 Å². The van der Waals surface area contributed by atoms with Crippen molar-refractivity contribution >= 4 is 17.2 Å². The highest BCUT2D eigenvalue weighted by atomic mass is 32.1. The van der Waals surface area contributed by atoms with Gasteiger partial charge in [-0.05, 0) is 48.1 Å². The lowest BCUT2D eigenvalue weighted by molar-refractivity contribution is 0.0791. The third-order valence-corrected chi connectivity index (χ3v) is 5.19. The standard InChI is InChI=1S/C18H16FN3O2S/c19-14-5-3-13(4-6-14)17-20-16(21-24-17)10-12-7-8-22(11-12)18(23)15-2-1-9-25-15/h1-6,9,12H,7-8,10-11H2. The Morgan fingerprint density at radius 3 is 2.92 bits per heavy atom. The highest BCUT2D eigenvalue weighted by Gasteiger charge is 2.28. The van der Waals surface area contributed by atoms with Crippen LogP contribution in [0.3, 0.4) is 0 Å². The predicted octanol–water partition coefficient (Wildman–Crippen LogP) is 3.64. The fourth-order valence-corrected chi connectivity index (χ4v) is 3.74. The molecule has 0 saturated carbocycles. The van der Waals surface area contributed by atoms with Gasteiger partial charge in [-0.2, -0.15) is 4.98 Å². The maximum atomic E-state index is 13.0. The number of hydrogen-bond donors (Lipinski definition) is 0. The molecule has 0 N–H and O–H groups in total. The second-order valence-electron chi connectivity index (χ2n) is 6.11. The number of benzene rings is 1. The van der Waals surface area contributed by atoms with Gasteiger partial charge in [-0.15, -0.1) is 11.3 Å². The third kappa shape index (κ3) is 3.46. The molecule has 1 saturated heterocycles. The van der Waals surface area contributed by atoms with Crippen LogP contribution in [0.5, 0.6) is 0 Å². The topological polar surface area (TPSA) is 59.2 Å². The van der Waals surface area contributed by atoms with E-state index in [1.54, 1.807) is 12.1 Å². The van der Waals surface area contributed by atoms with Crippen molar-refractivity contribution in [3.8, 4) is 11.5 Å². The van der Waals surface area contributed by atoms with Crippen molar-refractivity contribution in [3.05, 3.63) is 58.3 Å². The molecule has 0 radical (unpaired) electrons. The Morgan fingerprint density at radius 2 is 2.16 bits per heavy atom. The number of hydrogen-bond acceptors (Lipinski definition) is 5. The fraction of sp³-hybridized carbons (Fsp3) is 0.278. The van der Waals surface area contributed by atoms with Gasteiger partial charge in [0.2, 0.25) is 0 Å². The van der Waals surface area contributed by atoms with Crippen molar-refractivity contribution in [1.82, 2.24) is 15.0 Å². The van der Waals surface area contributed by atoms with E-state index in [0.29, 0.717) is 36.2 Å². The van der Waals surface area contributed by atoms with Crippen LogP contribution in [-0.4, -0.2) is 34.0 Å². The average Bonchev–Trinajstić information content (AvgIpc) is 3.37. The first kappa shape index (κ1) is 16.0. The minimum Gasteiger partial charge on any atom is -0.338 e. The zero-order chi connectivity index (χ0) is 17.2. The zero-order valence-electron chi connectivity index (χ0n) is 13.4. The molecule has 1 unspecified atom stereocenters. The molecule has 3 heterocycles. The molecule has 1 aliphatic rings. The Bertz CT molecular complexity index is 861. The summed E-state index contributed by atoms with van der Waals surface area (Å²) in [5.41, 5.74) is 0.695. The summed E-state index contributed by atoms with van der Waals surface area (Å²) in [7, 11) is 0. The first-order chi connectivity index (χ1) is 12.2. The Balaban J connectivity index is 1.39. The van der Waals surface area contributed by atoms with Crippen LogP contribution in [0.25, 0.3) is 11.5 Å². The highest BCUT2D eigenvalue weighted by molar-refractivity contribution is 7.12. The monoisotopic (exact) mass is 357 g/mol. The van der Waals surface area contributed by atoms with Crippen LogP contribution in [0.4, 0.5) is 4.39 Å². The van der Waals surface area contributed by atoms with E-state index in [2.05, 4.69) is 10.1 Å². The SMILES string of the molecule is O=C(c1cccs1)N1CCC(Cc2noc(-c3ccc(F)cc3)n2)C1. The Hall–Kier alpha value is -2.54. The summed E-state index contributed by atoms with van der Waals surface area (Å²) in [5.74, 6) is 1.12. The smallest absolute Gasteiger partial charge is 0.263 e. The lowest BCUT2D eigenvalue weighted by atomic mass is 10.1. The average molecular weight is 357 g/mol. The number of halogens is 1. The number of likely N-dealkylation sites (tertiary alicyclic amines) is 1. The lowest BCUT2D eigenvalue weighted by Crippen LogP contribution is -2.28. The molecular formula is C18H16FN3O2S. The van der Waals surface area contributed by atoms with E-state index in [1.165, 1.54) is 23.5 Å². The Morgan fingerprint density at radius 1 is 1.32 bits per heavy atom. The van der Waals surface area contributed by atoms with Crippen LogP contribution in [0, 0.1) is 11.7 Å². The quantitative estimate of drug-likeness (QED) is 0.715. The molecule has 0 spiro atoms. The number of thiophene rings is 1. The normalized spacial score (nSPS) is 17.2. The summed E-state index contributed by atoms with van der Waals surface area (Å²) < 4.78 is 18.3. The third-order valence-electron chi connectivity index (χ3n) is 4.34. The lowest BCUT2D eigenvalue weighted by Gasteiger charge is -2.14. The Labute approximate surface area is 148 Å². The molecule has 1 aliphatic heterocycles. The van der Waals surface area contributed by atoms with Gasteiger partial charge in [0.25, 0.3) is 11.8 Å². The minimum absolute atomic E-state index is 0.0950. The van der Waals surface area contributed by atoms with Crippen LogP contribution in [0.1, 0.15) is 21.9 Å². The first-order valence-corrected chi connectivity index (χ1v) is 8.98. The highest BCUT2D eigenvalue weighted by Crippen LogP contribution is 2.24. The predicted molar refractivity (Wildman–Crippen MR) is 91.7 cm³/mol. The molecule has 0 aliphatic carbocycles. The number of amides is 1. The van der Waals surface area contributed by atoms with E-state index >= 15 is 0 Å².